The number of amides is 1. The van der Waals surface area contributed by atoms with Gasteiger partial charge < -0.3 is 34.6 Å². The van der Waals surface area contributed by atoms with Crippen LogP contribution in [0.4, 0.5) is 4.39 Å². The molecule has 5 rings (SSSR count). The lowest BCUT2D eigenvalue weighted by molar-refractivity contribution is -0.895. The number of quaternary nitrogens is 1. The predicted octanol–water partition coefficient (Wildman–Crippen LogP) is 9.47. The van der Waals surface area contributed by atoms with E-state index >= 15 is 4.39 Å². The molecule has 1 heterocycles. The Kier molecular flexibility index (Phi) is 20.4. The number of hydrogen-bond acceptors (Lipinski definition) is 8. The number of carboxylic acids is 3. The molecule has 4 N–H and O–H groups in total. The number of aliphatic carboxylic acids is 3. The van der Waals surface area contributed by atoms with Crippen LogP contribution in [0.2, 0.25) is 0 Å². The van der Waals surface area contributed by atoms with Crippen molar-refractivity contribution in [2.75, 3.05) is 40.3 Å². The first kappa shape index (κ1) is 53.1. The molecule has 0 radical (unpaired) electrons. The number of aryl methyl sites for hydroxylation is 1. The molecule has 1 atom stereocenters. The highest BCUT2D eigenvalue weighted by atomic mass is 19.1. The van der Waals surface area contributed by atoms with Gasteiger partial charge in [0.25, 0.3) is 0 Å². The Morgan fingerprint density at radius 1 is 0.838 bits per heavy atom. The van der Waals surface area contributed by atoms with Gasteiger partial charge in [0.05, 0.1) is 32.8 Å². The van der Waals surface area contributed by atoms with Crippen LogP contribution in [-0.2, 0) is 45.2 Å². The van der Waals surface area contributed by atoms with Gasteiger partial charge in [0, 0.05) is 37.7 Å². The smallest absolute Gasteiger partial charge is 0.359 e. The summed E-state index contributed by atoms with van der Waals surface area (Å²) in [5.41, 5.74) is 4.83. The van der Waals surface area contributed by atoms with Crippen molar-refractivity contribution in [2.45, 2.75) is 136 Å². The average Bonchev–Trinajstić information content (AvgIpc) is 4.03. The maximum atomic E-state index is 15.5. The molecule has 0 spiro atoms. The summed E-state index contributed by atoms with van der Waals surface area (Å²) in [5, 5.41) is 39.6. The van der Waals surface area contributed by atoms with Crippen molar-refractivity contribution in [3.05, 3.63) is 95.1 Å². The molecule has 1 amide bonds. The molecule has 1 aliphatic rings. The van der Waals surface area contributed by atoms with Gasteiger partial charge in [0.15, 0.2) is 13.1 Å². The Balaban J connectivity index is 1.03. The summed E-state index contributed by atoms with van der Waals surface area (Å²) in [4.78, 5) is 46.2. The highest BCUT2D eigenvalue weighted by Crippen LogP contribution is 2.45. The third-order valence-corrected chi connectivity index (χ3v) is 12.8. The Morgan fingerprint density at radius 2 is 1.53 bits per heavy atom. The lowest BCUT2D eigenvalue weighted by Gasteiger charge is -2.31. The molecule has 15 heteroatoms. The number of methoxy groups -OCH3 is 1. The van der Waals surface area contributed by atoms with Crippen molar-refractivity contribution in [1.29, 1.82) is 0 Å². The van der Waals surface area contributed by atoms with Crippen molar-refractivity contribution in [1.82, 2.24) is 20.3 Å². The van der Waals surface area contributed by atoms with Gasteiger partial charge in [-0.2, -0.15) is 0 Å². The van der Waals surface area contributed by atoms with Crippen LogP contribution in [0.1, 0.15) is 132 Å². The number of aromatic nitrogens is 3. The van der Waals surface area contributed by atoms with E-state index in [-0.39, 0.29) is 47.1 Å². The van der Waals surface area contributed by atoms with E-state index in [0.29, 0.717) is 68.5 Å². The minimum absolute atomic E-state index is 0.0248. The standard InChI is InChI=1S/C53H72FN5O9/c1-53(2,37-58-33-42(56-57-58)17-12-10-8-6-5-7-9-11-13-19-49(60)55-26-15-27-59(3,34-51(63)64)35-52(65)66)32-41-28-38(20-24-45(41)47-30-43(67-4)23-25-48(47)54)36-68-44-18-14-16-40(29-44)46(31-50(61)62)39-21-22-39/h14,16,18,20,23-25,28-30,33,39,46H,5-13,15,17,19,21-22,26-27,31-32,34-37H2,1-4H3,(H3-,55,60,61,62,63,64,65,66)/p+1/t46-/m0/s1. The Labute approximate surface area is 400 Å². The largest absolute Gasteiger partial charge is 0.497 e. The number of halogens is 1. The monoisotopic (exact) mass is 943 g/mol. The number of carboxylic acid groups (broad SMARTS) is 3. The molecule has 0 bridgehead atoms. The summed E-state index contributed by atoms with van der Waals surface area (Å²) in [6.45, 7) is 5.47. The molecule has 68 heavy (non-hydrogen) atoms. The average molecular weight is 943 g/mol. The number of unbranched alkanes of at least 4 members (excludes halogenated alkanes) is 8. The molecule has 1 fully saturated rings. The van der Waals surface area contributed by atoms with Crippen LogP contribution in [0.25, 0.3) is 11.1 Å². The fourth-order valence-electron chi connectivity index (χ4n) is 9.24. The van der Waals surface area contributed by atoms with Crippen LogP contribution < -0.4 is 14.8 Å². The van der Waals surface area contributed by atoms with Crippen LogP contribution in [0, 0.1) is 17.2 Å². The van der Waals surface area contributed by atoms with Crippen LogP contribution >= 0.6 is 0 Å². The third kappa shape index (κ3) is 18.3. The zero-order chi connectivity index (χ0) is 49.1. The fourth-order valence-corrected chi connectivity index (χ4v) is 9.24. The molecule has 0 aliphatic heterocycles. The predicted molar refractivity (Wildman–Crippen MR) is 258 cm³/mol. The summed E-state index contributed by atoms with van der Waals surface area (Å²) in [6, 6.07) is 18.6. The van der Waals surface area contributed by atoms with Crippen LogP contribution in [-0.4, -0.2) is 98.9 Å². The molecular formula is C53H73FN5O9+. The highest BCUT2D eigenvalue weighted by Gasteiger charge is 2.34. The SMILES string of the molecule is COc1ccc(F)c(-c2ccc(COc3cccc([C@@H](CC(=O)O)C4CC4)c3)cc2CC(C)(C)Cn2cc(CCCCCCCCCCCC(=O)NCCC[N+](C)(CC(=O)O)CC(=O)O)nn2)c1. The van der Waals surface area contributed by atoms with Crippen molar-refractivity contribution >= 4 is 23.8 Å². The van der Waals surface area contributed by atoms with Gasteiger partial charge in [-0.3, -0.25) is 14.3 Å². The Bertz CT molecular complexity index is 2260. The molecule has 0 unspecified atom stereocenters. The fraction of sp³-hybridized carbons (Fsp3) is 0.547. The van der Waals surface area contributed by atoms with Crippen LogP contribution in [0.15, 0.2) is 66.9 Å². The number of carbonyl (C=O) groups excluding carboxylic acids is 1. The van der Waals surface area contributed by atoms with E-state index in [1.807, 2.05) is 47.3 Å². The van der Waals surface area contributed by atoms with Gasteiger partial charge in [-0.15, -0.1) is 5.10 Å². The zero-order valence-electron chi connectivity index (χ0n) is 40.5. The van der Waals surface area contributed by atoms with Gasteiger partial charge in [-0.1, -0.05) is 94.3 Å². The second kappa shape index (κ2) is 26.1. The Hall–Kier alpha value is -5.83. The maximum Gasteiger partial charge on any atom is 0.359 e. The first-order valence-electron chi connectivity index (χ1n) is 24.3. The van der Waals surface area contributed by atoms with Crippen molar-refractivity contribution < 1.29 is 52.8 Å². The zero-order valence-corrected chi connectivity index (χ0v) is 40.5. The first-order valence-corrected chi connectivity index (χ1v) is 24.3. The molecule has 370 valence electrons. The van der Waals surface area contributed by atoms with E-state index in [1.54, 1.807) is 26.3 Å². The number of nitrogens with one attached hydrogen (secondary N) is 1. The number of nitrogens with zero attached hydrogens (tertiary/aromatic N) is 4. The minimum atomic E-state index is -1.05. The molecule has 4 aromatic rings. The van der Waals surface area contributed by atoms with Gasteiger partial charge >= 0.3 is 17.9 Å². The molecular weight excluding hydrogens is 870 g/mol. The van der Waals surface area contributed by atoms with E-state index in [4.69, 9.17) is 19.7 Å². The van der Waals surface area contributed by atoms with Gasteiger partial charge in [0.1, 0.15) is 23.9 Å². The number of likely N-dealkylation sites (N-methyl/N-ethyl adjacent to an activating group) is 1. The van der Waals surface area contributed by atoms with Crippen molar-refractivity contribution in [2.24, 2.45) is 11.3 Å². The topological polar surface area (TPSA) is 190 Å². The summed E-state index contributed by atoms with van der Waals surface area (Å²) in [5.74, 6) is -1.62. The number of carbonyl (C=O) groups is 4. The Morgan fingerprint density at radius 3 is 2.19 bits per heavy atom. The molecule has 1 aliphatic carbocycles. The second-order valence-electron chi connectivity index (χ2n) is 19.8. The quantitative estimate of drug-likeness (QED) is 0.0263. The summed E-state index contributed by atoms with van der Waals surface area (Å²) in [7, 11) is 3.18. The maximum absolute atomic E-state index is 15.5. The molecule has 3 aromatic carbocycles. The van der Waals surface area contributed by atoms with Crippen molar-refractivity contribution in [3.8, 4) is 22.6 Å². The van der Waals surface area contributed by atoms with E-state index in [0.717, 1.165) is 98.6 Å². The molecule has 0 saturated heterocycles. The summed E-state index contributed by atoms with van der Waals surface area (Å²) in [6.07, 6.45) is 16.3. The summed E-state index contributed by atoms with van der Waals surface area (Å²) < 4.78 is 29.0. The number of benzene rings is 3. The van der Waals surface area contributed by atoms with E-state index < -0.39 is 17.9 Å². The third-order valence-electron chi connectivity index (χ3n) is 12.8. The van der Waals surface area contributed by atoms with Crippen LogP contribution in [0.5, 0.6) is 11.5 Å². The number of ether oxygens (including phenoxy) is 2. The number of rotatable bonds is 33. The number of hydrogen-bond donors (Lipinski definition) is 4. The molecule has 14 nitrogen and oxygen atoms in total. The van der Waals surface area contributed by atoms with E-state index in [2.05, 4.69) is 35.5 Å². The lowest BCUT2D eigenvalue weighted by atomic mass is 9.82. The van der Waals surface area contributed by atoms with Gasteiger partial charge in [0.2, 0.25) is 5.91 Å². The van der Waals surface area contributed by atoms with Crippen molar-refractivity contribution in [3.63, 3.8) is 0 Å². The van der Waals surface area contributed by atoms with Gasteiger partial charge in [-0.05, 0) is 108 Å². The highest BCUT2D eigenvalue weighted by molar-refractivity contribution is 5.75. The van der Waals surface area contributed by atoms with E-state index in [9.17, 15) is 24.3 Å². The summed E-state index contributed by atoms with van der Waals surface area (Å²) >= 11 is 0. The molecule has 1 saturated carbocycles. The first-order chi connectivity index (χ1) is 32.5. The molecule has 1 aromatic heterocycles. The van der Waals surface area contributed by atoms with Crippen LogP contribution in [0.3, 0.4) is 0 Å². The lowest BCUT2D eigenvalue weighted by Crippen LogP contribution is -2.51. The minimum Gasteiger partial charge on any atom is -0.497 e. The normalized spacial score (nSPS) is 13.2. The van der Waals surface area contributed by atoms with E-state index in [1.165, 1.54) is 12.5 Å². The van der Waals surface area contributed by atoms with Gasteiger partial charge in [-0.25, -0.2) is 14.0 Å². The second-order valence-corrected chi connectivity index (χ2v) is 19.8.